The van der Waals surface area contributed by atoms with Gasteiger partial charge in [0.1, 0.15) is 23.5 Å². The Labute approximate surface area is 241 Å². The Balaban J connectivity index is 0.00000107. The largest absolute Gasteiger partial charge is 2.00 e. The van der Waals surface area contributed by atoms with Gasteiger partial charge in [0.25, 0.3) is 0 Å². The van der Waals surface area contributed by atoms with Crippen LogP contribution >= 0.6 is 0 Å². The predicted molar refractivity (Wildman–Crippen MR) is 138 cm³/mol. The van der Waals surface area contributed by atoms with Gasteiger partial charge in [-0.25, -0.2) is 15.0 Å². The number of aromatic nitrogens is 1. The van der Waals surface area contributed by atoms with E-state index in [0.29, 0.717) is 23.5 Å². The van der Waals surface area contributed by atoms with Gasteiger partial charge < -0.3 is 24.8 Å². The third kappa shape index (κ3) is 5.40. The van der Waals surface area contributed by atoms with Gasteiger partial charge in [0.05, 0.1) is 11.4 Å². The van der Waals surface area contributed by atoms with Crippen LogP contribution in [0.5, 0.6) is 0 Å². The van der Waals surface area contributed by atoms with E-state index in [1.807, 2.05) is 18.2 Å². The van der Waals surface area contributed by atoms with Crippen molar-refractivity contribution in [1.29, 1.82) is 0 Å². The van der Waals surface area contributed by atoms with E-state index in [9.17, 15) is 0 Å². The van der Waals surface area contributed by atoms with Crippen molar-refractivity contribution in [2.75, 3.05) is 0 Å². The topological polar surface area (TPSA) is 62.3 Å². The van der Waals surface area contributed by atoms with E-state index in [0.717, 1.165) is 22.8 Å². The van der Waals surface area contributed by atoms with Crippen molar-refractivity contribution in [2.45, 2.75) is 63.5 Å². The van der Waals surface area contributed by atoms with E-state index in [1.165, 1.54) is 62.5 Å². The van der Waals surface area contributed by atoms with Crippen molar-refractivity contribution in [3.05, 3.63) is 77.2 Å². The zero-order valence-corrected chi connectivity index (χ0v) is 23.1. The summed E-state index contributed by atoms with van der Waals surface area (Å²) in [6.45, 7) is 0. The molecule has 0 bridgehead atoms. The molecule has 2 unspecified atom stereocenters. The number of amidine groups is 2. The van der Waals surface area contributed by atoms with Gasteiger partial charge in [-0.15, -0.1) is 0 Å². The molecule has 0 spiro atoms. The maximum atomic E-state index is 4.88. The Bertz CT molecular complexity index is 1200. The van der Waals surface area contributed by atoms with Gasteiger partial charge >= 0.3 is 17.1 Å². The van der Waals surface area contributed by atoms with Crippen LogP contribution in [-0.2, 0) is 17.1 Å². The monoisotopic (exact) mass is 573 g/mol. The summed E-state index contributed by atoms with van der Waals surface area (Å²) in [5.41, 5.74) is 6.51. The average molecular weight is 574 g/mol. The SMILES string of the molecule is C1=CC2N=C(c3cccc(C4=NC5C=CC(C6CCCC6)=CC5=N4)n3)N=C2C=C1C1CCCC1.[Cl-].[Cl-].[Fe+2]. The van der Waals surface area contributed by atoms with Gasteiger partial charge in [0.2, 0.25) is 0 Å². The molecule has 1 aromatic rings. The molecule has 2 atom stereocenters. The van der Waals surface area contributed by atoms with E-state index in [1.54, 1.807) is 0 Å². The van der Waals surface area contributed by atoms with Crippen LogP contribution in [0.2, 0.25) is 0 Å². The van der Waals surface area contributed by atoms with Crippen molar-refractivity contribution in [1.82, 2.24) is 4.98 Å². The maximum Gasteiger partial charge on any atom is 2.00 e. The van der Waals surface area contributed by atoms with Crippen LogP contribution in [0.4, 0.5) is 0 Å². The van der Waals surface area contributed by atoms with Crippen LogP contribution in [0, 0.1) is 11.8 Å². The zero-order chi connectivity index (χ0) is 22.5. The molecule has 0 N–H and O–H groups in total. The number of rotatable bonds is 4. The summed E-state index contributed by atoms with van der Waals surface area (Å²) in [5, 5.41) is 0. The fraction of sp³-hybridized carbons (Fsp3) is 0.414. The molecule has 2 saturated carbocycles. The minimum atomic E-state index is 0. The molecular formula is C29H29Cl2FeN5. The first-order valence-electron chi connectivity index (χ1n) is 12.9. The predicted octanol–water partition coefficient (Wildman–Crippen LogP) is -0.400. The van der Waals surface area contributed by atoms with Gasteiger partial charge in [-0.2, -0.15) is 0 Å². The minimum Gasteiger partial charge on any atom is -1.00 e. The van der Waals surface area contributed by atoms with Gasteiger partial charge in [-0.1, -0.05) is 56.1 Å². The number of pyridine rings is 1. The fourth-order valence-electron chi connectivity index (χ4n) is 6.15. The molecule has 5 nitrogen and oxygen atoms in total. The van der Waals surface area contributed by atoms with E-state index in [-0.39, 0.29) is 54.0 Å². The van der Waals surface area contributed by atoms with Crippen LogP contribution in [0.3, 0.4) is 0 Å². The molecular weight excluding hydrogens is 545 g/mol. The molecule has 2 fully saturated rings. The summed E-state index contributed by atoms with van der Waals surface area (Å²) in [6, 6.07) is 6.02. The molecule has 4 aliphatic carbocycles. The minimum absolute atomic E-state index is 0. The first-order chi connectivity index (χ1) is 16.8. The summed E-state index contributed by atoms with van der Waals surface area (Å²) >= 11 is 0. The zero-order valence-electron chi connectivity index (χ0n) is 20.5. The van der Waals surface area contributed by atoms with Crippen molar-refractivity contribution >= 4 is 23.1 Å². The standard InChI is InChI=1S/C29H29N5.2ClH.Fe/c1-2-7-18(6-1)20-12-14-22-26(16-20)33-28(31-22)24-10-5-11-25(30-24)29-32-23-15-13-21(17-27(23)34-29)19-8-3-4-9-19;;;/h5,10-19,22-23H,1-4,6-9H2;2*1H;/q;;;+2/p-2. The Morgan fingerprint density at radius 3 is 1.49 bits per heavy atom. The molecule has 7 rings (SSSR count). The number of nitrogens with zero attached hydrogens (tertiary/aromatic N) is 5. The van der Waals surface area contributed by atoms with Crippen LogP contribution < -0.4 is 24.8 Å². The molecule has 3 heterocycles. The summed E-state index contributed by atoms with van der Waals surface area (Å²) in [5.74, 6) is 2.79. The molecule has 0 aromatic carbocycles. The van der Waals surface area contributed by atoms with E-state index in [2.05, 4.69) is 36.5 Å². The Hall–Kier alpha value is -2.11. The van der Waals surface area contributed by atoms with Crippen LogP contribution in [-0.4, -0.2) is 40.2 Å². The molecule has 37 heavy (non-hydrogen) atoms. The van der Waals surface area contributed by atoms with Crippen molar-refractivity contribution in [3.8, 4) is 0 Å². The smallest absolute Gasteiger partial charge is 1.00 e. The number of halogens is 2. The van der Waals surface area contributed by atoms with Crippen LogP contribution in [0.15, 0.2) is 85.8 Å². The normalized spacial score (nSPS) is 25.9. The summed E-state index contributed by atoms with van der Waals surface area (Å²) in [4.78, 5) is 24.3. The second-order valence-corrected chi connectivity index (χ2v) is 10.2. The number of allylic oxidation sites excluding steroid dienone is 4. The van der Waals surface area contributed by atoms with Gasteiger partial charge in [-0.05, 0) is 73.0 Å². The Morgan fingerprint density at radius 2 is 1.05 bits per heavy atom. The maximum absolute atomic E-state index is 4.88. The second kappa shape index (κ2) is 11.7. The summed E-state index contributed by atoms with van der Waals surface area (Å²) in [7, 11) is 0. The fourth-order valence-corrected chi connectivity index (χ4v) is 6.15. The average Bonchev–Trinajstić information content (AvgIpc) is 3.69. The molecule has 1 aromatic heterocycles. The third-order valence-corrected chi connectivity index (χ3v) is 8.03. The van der Waals surface area contributed by atoms with E-state index >= 15 is 0 Å². The van der Waals surface area contributed by atoms with E-state index in [4.69, 9.17) is 25.0 Å². The van der Waals surface area contributed by atoms with Gasteiger partial charge in [0.15, 0.2) is 11.7 Å². The molecule has 6 aliphatic rings. The van der Waals surface area contributed by atoms with E-state index < -0.39 is 0 Å². The van der Waals surface area contributed by atoms with Crippen molar-refractivity contribution in [3.63, 3.8) is 0 Å². The van der Waals surface area contributed by atoms with Crippen molar-refractivity contribution in [2.24, 2.45) is 31.8 Å². The molecule has 8 heteroatoms. The van der Waals surface area contributed by atoms with Gasteiger partial charge in [-0.3, -0.25) is 9.98 Å². The summed E-state index contributed by atoms with van der Waals surface area (Å²) < 4.78 is 0. The molecule has 2 aliphatic heterocycles. The molecule has 0 radical (unpaired) electrons. The number of hydrogen-bond donors (Lipinski definition) is 0. The molecule has 0 amide bonds. The molecule has 192 valence electrons. The van der Waals surface area contributed by atoms with Crippen LogP contribution in [0.25, 0.3) is 0 Å². The first-order valence-corrected chi connectivity index (χ1v) is 12.9. The molecule has 0 saturated heterocycles. The number of fused-ring (bicyclic) bond motifs is 2. The first kappa shape index (κ1) is 27.9. The third-order valence-electron chi connectivity index (χ3n) is 8.03. The Morgan fingerprint density at radius 1 is 0.622 bits per heavy atom. The summed E-state index contributed by atoms with van der Waals surface area (Å²) in [6.07, 6.45) is 24.0. The Kier molecular flexibility index (Phi) is 8.85. The second-order valence-electron chi connectivity index (χ2n) is 10.2. The number of hydrogen-bond acceptors (Lipinski definition) is 5. The van der Waals surface area contributed by atoms with Gasteiger partial charge in [0, 0.05) is 0 Å². The van der Waals surface area contributed by atoms with Crippen molar-refractivity contribution < 1.29 is 41.9 Å². The quantitative estimate of drug-likeness (QED) is 0.452. The number of aliphatic imine (C=N–C) groups is 4. The van der Waals surface area contributed by atoms with Crippen LogP contribution in [0.1, 0.15) is 62.8 Å².